The van der Waals surface area contributed by atoms with Crippen LogP contribution < -0.4 is 4.74 Å². The molecule has 0 fully saturated rings. The molecule has 0 aliphatic carbocycles. The van der Waals surface area contributed by atoms with Crippen LogP contribution in [0.1, 0.15) is 11.1 Å². The molecule has 0 spiro atoms. The Morgan fingerprint density at radius 1 is 0.852 bits per heavy atom. The van der Waals surface area contributed by atoms with Gasteiger partial charge in [-0.05, 0) is 37.4 Å². The van der Waals surface area contributed by atoms with Gasteiger partial charge < -0.3 is 9.84 Å². The highest BCUT2D eigenvalue weighted by Gasteiger charge is 2.30. The highest BCUT2D eigenvalue weighted by Crippen LogP contribution is 2.23. The van der Waals surface area contributed by atoms with E-state index in [0.717, 1.165) is 12.1 Å². The Kier molecular flexibility index (Phi) is 7.65. The Labute approximate surface area is 157 Å². The molecule has 1 atom stereocenters. The summed E-state index contributed by atoms with van der Waals surface area (Å²) < 4.78 is 40.4. The summed E-state index contributed by atoms with van der Waals surface area (Å²) in [5.41, 5.74) is 2.03. The molecule has 27 heavy (non-hydrogen) atoms. The first-order valence-electron chi connectivity index (χ1n) is 8.65. The minimum Gasteiger partial charge on any atom is -0.406 e. The zero-order valence-corrected chi connectivity index (χ0v) is 15.5. The maximum absolute atomic E-state index is 12.2. The molecule has 0 aromatic heterocycles. The minimum atomic E-state index is -4.69. The number of nitrogens with zero attached hydrogens (tertiary/aromatic N) is 2. The van der Waals surface area contributed by atoms with Crippen LogP contribution >= 0.6 is 0 Å². The predicted molar refractivity (Wildman–Crippen MR) is 98.2 cm³/mol. The summed E-state index contributed by atoms with van der Waals surface area (Å²) in [5, 5.41) is 10.3. The van der Waals surface area contributed by atoms with Crippen molar-refractivity contribution in [2.24, 2.45) is 0 Å². The monoisotopic (exact) mass is 382 g/mol. The van der Waals surface area contributed by atoms with E-state index in [1.807, 2.05) is 49.3 Å². The fraction of sp³-hybridized carbons (Fsp3) is 0.400. The molecule has 4 nitrogen and oxygen atoms in total. The quantitative estimate of drug-likeness (QED) is 0.720. The van der Waals surface area contributed by atoms with Gasteiger partial charge in [-0.2, -0.15) is 0 Å². The molecule has 148 valence electrons. The van der Waals surface area contributed by atoms with Gasteiger partial charge in [0.05, 0.1) is 6.10 Å². The molecule has 0 heterocycles. The Balaban J connectivity index is 1.76. The SMILES string of the molecule is CN(Cc1ccccc1)CC(O)CN(C)Cc1ccc(OC(F)(F)F)cc1. The number of alkyl halides is 3. The van der Waals surface area contributed by atoms with Crippen molar-refractivity contribution in [1.29, 1.82) is 0 Å². The third-order valence-electron chi connectivity index (χ3n) is 3.95. The number of hydrogen-bond donors (Lipinski definition) is 1. The van der Waals surface area contributed by atoms with Gasteiger partial charge in [0.2, 0.25) is 0 Å². The van der Waals surface area contributed by atoms with E-state index in [4.69, 9.17) is 0 Å². The molecule has 2 rings (SSSR count). The average Bonchev–Trinajstić information content (AvgIpc) is 2.55. The summed E-state index contributed by atoms with van der Waals surface area (Å²) in [4.78, 5) is 3.98. The predicted octanol–water partition coefficient (Wildman–Crippen LogP) is 3.51. The summed E-state index contributed by atoms with van der Waals surface area (Å²) in [5.74, 6) is -0.239. The second-order valence-corrected chi connectivity index (χ2v) is 6.72. The number of rotatable bonds is 9. The second-order valence-electron chi connectivity index (χ2n) is 6.72. The van der Waals surface area contributed by atoms with Gasteiger partial charge in [0.25, 0.3) is 0 Å². The van der Waals surface area contributed by atoms with Crippen LogP contribution in [0.4, 0.5) is 13.2 Å². The lowest BCUT2D eigenvalue weighted by atomic mass is 10.2. The number of ether oxygens (including phenoxy) is 1. The van der Waals surface area contributed by atoms with Crippen molar-refractivity contribution in [2.45, 2.75) is 25.6 Å². The lowest BCUT2D eigenvalue weighted by Gasteiger charge is -2.25. The van der Waals surface area contributed by atoms with E-state index < -0.39 is 12.5 Å². The van der Waals surface area contributed by atoms with Gasteiger partial charge in [0.15, 0.2) is 0 Å². The van der Waals surface area contributed by atoms with Gasteiger partial charge in [-0.3, -0.25) is 9.80 Å². The number of benzene rings is 2. The minimum absolute atomic E-state index is 0.239. The van der Waals surface area contributed by atoms with Crippen LogP contribution in [-0.2, 0) is 13.1 Å². The normalized spacial score (nSPS) is 13.2. The molecule has 1 N–H and O–H groups in total. The maximum atomic E-state index is 12.2. The number of likely N-dealkylation sites (N-methyl/N-ethyl adjacent to an activating group) is 2. The number of hydrogen-bond acceptors (Lipinski definition) is 4. The van der Waals surface area contributed by atoms with Crippen LogP contribution in [0.3, 0.4) is 0 Å². The summed E-state index contributed by atoms with van der Waals surface area (Å²) in [6.45, 7) is 2.26. The molecule has 0 bridgehead atoms. The van der Waals surface area contributed by atoms with Gasteiger partial charge in [-0.1, -0.05) is 42.5 Å². The van der Waals surface area contributed by atoms with Gasteiger partial charge in [-0.15, -0.1) is 13.2 Å². The average molecular weight is 382 g/mol. The van der Waals surface area contributed by atoms with Crippen molar-refractivity contribution in [3.8, 4) is 5.75 Å². The van der Waals surface area contributed by atoms with Crippen LogP contribution in [0.15, 0.2) is 54.6 Å². The molecular weight excluding hydrogens is 357 g/mol. The fourth-order valence-electron chi connectivity index (χ4n) is 2.91. The van der Waals surface area contributed by atoms with Crippen molar-refractivity contribution in [1.82, 2.24) is 9.80 Å². The van der Waals surface area contributed by atoms with Gasteiger partial charge >= 0.3 is 6.36 Å². The van der Waals surface area contributed by atoms with E-state index in [-0.39, 0.29) is 5.75 Å². The number of halogens is 3. The molecule has 0 saturated carbocycles. The van der Waals surface area contributed by atoms with Gasteiger partial charge in [0.1, 0.15) is 5.75 Å². The zero-order chi connectivity index (χ0) is 19.9. The summed E-state index contributed by atoms with van der Waals surface area (Å²) in [6.07, 6.45) is -5.22. The third-order valence-corrected chi connectivity index (χ3v) is 3.95. The van der Waals surface area contributed by atoms with Crippen LogP contribution in [0.5, 0.6) is 5.75 Å². The molecule has 0 amide bonds. The van der Waals surface area contributed by atoms with Crippen LogP contribution in [0.25, 0.3) is 0 Å². The summed E-state index contributed by atoms with van der Waals surface area (Å²) in [7, 11) is 3.82. The van der Waals surface area contributed by atoms with Crippen LogP contribution in [0, 0.1) is 0 Å². The Morgan fingerprint density at radius 2 is 1.33 bits per heavy atom. The molecule has 2 aromatic carbocycles. The van der Waals surface area contributed by atoms with Crippen molar-refractivity contribution < 1.29 is 23.0 Å². The first-order valence-corrected chi connectivity index (χ1v) is 8.65. The molecule has 0 aliphatic rings. The van der Waals surface area contributed by atoms with E-state index in [1.165, 1.54) is 17.7 Å². The molecule has 0 saturated heterocycles. The number of aliphatic hydroxyl groups is 1. The third kappa shape index (κ3) is 8.43. The molecule has 1 unspecified atom stereocenters. The first-order chi connectivity index (χ1) is 12.7. The Hall–Kier alpha value is -2.09. The number of aliphatic hydroxyl groups excluding tert-OH is 1. The molecule has 0 radical (unpaired) electrons. The fourth-order valence-corrected chi connectivity index (χ4v) is 2.91. The molecule has 0 aliphatic heterocycles. The largest absolute Gasteiger partial charge is 0.573 e. The van der Waals surface area contributed by atoms with Crippen molar-refractivity contribution in [2.75, 3.05) is 27.2 Å². The lowest BCUT2D eigenvalue weighted by Crippen LogP contribution is -2.37. The standard InChI is InChI=1S/C20H25F3N2O2/c1-24(12-16-6-4-3-5-7-16)14-18(26)15-25(2)13-17-8-10-19(11-9-17)27-20(21,22)23/h3-11,18,26H,12-15H2,1-2H3. The molecular formula is C20H25F3N2O2. The van der Waals surface area contributed by atoms with E-state index >= 15 is 0 Å². The van der Waals surface area contributed by atoms with E-state index in [2.05, 4.69) is 9.64 Å². The maximum Gasteiger partial charge on any atom is 0.573 e. The molecule has 2 aromatic rings. The van der Waals surface area contributed by atoms with Crippen LogP contribution in [0.2, 0.25) is 0 Å². The topological polar surface area (TPSA) is 35.9 Å². The van der Waals surface area contributed by atoms with Crippen molar-refractivity contribution in [3.63, 3.8) is 0 Å². The van der Waals surface area contributed by atoms with Crippen molar-refractivity contribution in [3.05, 3.63) is 65.7 Å². The molecule has 7 heteroatoms. The van der Waals surface area contributed by atoms with E-state index in [1.54, 1.807) is 12.1 Å². The van der Waals surface area contributed by atoms with Gasteiger partial charge in [-0.25, -0.2) is 0 Å². The Morgan fingerprint density at radius 3 is 1.81 bits per heavy atom. The highest BCUT2D eigenvalue weighted by molar-refractivity contribution is 5.27. The van der Waals surface area contributed by atoms with Crippen LogP contribution in [-0.4, -0.2) is 54.6 Å². The summed E-state index contributed by atoms with van der Waals surface area (Å²) >= 11 is 0. The van der Waals surface area contributed by atoms with Crippen molar-refractivity contribution >= 4 is 0 Å². The van der Waals surface area contributed by atoms with Gasteiger partial charge in [0, 0.05) is 26.2 Å². The zero-order valence-electron chi connectivity index (χ0n) is 15.5. The highest BCUT2D eigenvalue weighted by atomic mass is 19.4. The smallest absolute Gasteiger partial charge is 0.406 e. The van der Waals surface area contributed by atoms with E-state index in [0.29, 0.717) is 19.6 Å². The first kappa shape index (κ1) is 21.2. The second kappa shape index (κ2) is 9.73. The summed E-state index contributed by atoms with van der Waals surface area (Å²) in [6, 6.07) is 15.8. The lowest BCUT2D eigenvalue weighted by molar-refractivity contribution is -0.274. The van der Waals surface area contributed by atoms with E-state index in [9.17, 15) is 18.3 Å². The Bertz CT molecular complexity index is 678.